The standard InChI is InChI=1S/C33H29ClN2O4S/c34-27-13-10-25(11-14-27)22-36-29-21-26(12-15-31(29)41(39,40)30-9-5-4-8-28(30)33(36)38)32(37)35-18-16-24(17-19-35)20-23-6-2-1-3-7-23/h1-15,21,24H,16-20,22H2. The summed E-state index contributed by atoms with van der Waals surface area (Å²) in [5.74, 6) is -0.0992. The summed E-state index contributed by atoms with van der Waals surface area (Å²) >= 11 is 6.07. The van der Waals surface area contributed by atoms with Gasteiger partial charge in [0.2, 0.25) is 9.84 Å². The molecule has 0 unspecified atom stereocenters. The van der Waals surface area contributed by atoms with Gasteiger partial charge in [-0.3, -0.25) is 9.59 Å². The van der Waals surface area contributed by atoms with Crippen LogP contribution in [0.2, 0.25) is 5.02 Å². The number of sulfone groups is 1. The van der Waals surface area contributed by atoms with Crippen LogP contribution in [0, 0.1) is 5.92 Å². The highest BCUT2D eigenvalue weighted by molar-refractivity contribution is 7.91. The van der Waals surface area contributed by atoms with Crippen molar-refractivity contribution in [2.45, 2.75) is 35.6 Å². The quantitative estimate of drug-likeness (QED) is 0.271. The van der Waals surface area contributed by atoms with Gasteiger partial charge in [-0.2, -0.15) is 0 Å². The number of rotatable bonds is 5. The van der Waals surface area contributed by atoms with E-state index in [4.69, 9.17) is 11.6 Å². The topological polar surface area (TPSA) is 74.8 Å². The van der Waals surface area contributed by atoms with Crippen molar-refractivity contribution >= 4 is 38.9 Å². The smallest absolute Gasteiger partial charge is 0.259 e. The van der Waals surface area contributed by atoms with Crippen molar-refractivity contribution in [3.05, 3.63) is 124 Å². The minimum absolute atomic E-state index is 0.00267. The molecule has 2 amide bonds. The number of amides is 2. The summed E-state index contributed by atoms with van der Waals surface area (Å²) in [6, 6.07) is 28.3. The van der Waals surface area contributed by atoms with Crippen LogP contribution in [0.15, 0.2) is 107 Å². The molecule has 6 nitrogen and oxygen atoms in total. The lowest BCUT2D eigenvalue weighted by Crippen LogP contribution is -2.39. The third-order valence-electron chi connectivity index (χ3n) is 7.96. The van der Waals surface area contributed by atoms with Gasteiger partial charge >= 0.3 is 0 Å². The van der Waals surface area contributed by atoms with Gasteiger partial charge in [-0.15, -0.1) is 0 Å². The second-order valence-corrected chi connectivity index (χ2v) is 12.9. The number of fused-ring (bicyclic) bond motifs is 2. The molecule has 208 valence electrons. The highest BCUT2D eigenvalue weighted by Crippen LogP contribution is 2.38. The first kappa shape index (κ1) is 27.2. The van der Waals surface area contributed by atoms with Crippen LogP contribution < -0.4 is 4.90 Å². The van der Waals surface area contributed by atoms with Crippen LogP contribution in [0.5, 0.6) is 0 Å². The fraction of sp³-hybridized carbons (Fsp3) is 0.212. The van der Waals surface area contributed by atoms with Crippen molar-refractivity contribution in [1.29, 1.82) is 0 Å². The minimum Gasteiger partial charge on any atom is -0.339 e. The molecule has 4 aromatic rings. The molecule has 6 rings (SSSR count). The molecule has 0 N–H and O–H groups in total. The largest absolute Gasteiger partial charge is 0.339 e. The molecule has 0 radical (unpaired) electrons. The monoisotopic (exact) mass is 584 g/mol. The van der Waals surface area contributed by atoms with Crippen LogP contribution in [0.25, 0.3) is 0 Å². The molecule has 1 fully saturated rings. The maximum Gasteiger partial charge on any atom is 0.259 e. The van der Waals surface area contributed by atoms with Crippen LogP contribution in [-0.2, 0) is 22.8 Å². The summed E-state index contributed by atoms with van der Waals surface area (Å²) < 4.78 is 27.6. The summed E-state index contributed by atoms with van der Waals surface area (Å²) in [7, 11) is -4.02. The lowest BCUT2D eigenvalue weighted by Gasteiger charge is -2.32. The van der Waals surface area contributed by atoms with Crippen LogP contribution in [0.1, 0.15) is 44.7 Å². The van der Waals surface area contributed by atoms with E-state index in [1.165, 1.54) is 28.7 Å². The normalized spacial score (nSPS) is 16.6. The molecule has 0 atom stereocenters. The molecule has 2 aliphatic heterocycles. The molecule has 2 heterocycles. The molecular formula is C33H29ClN2O4S. The van der Waals surface area contributed by atoms with E-state index >= 15 is 0 Å². The number of halogens is 1. The lowest BCUT2D eigenvalue weighted by molar-refractivity contribution is 0.0690. The first-order valence-electron chi connectivity index (χ1n) is 13.7. The third-order valence-corrected chi connectivity index (χ3v) is 10.1. The summed E-state index contributed by atoms with van der Waals surface area (Å²) in [5.41, 5.74) is 2.75. The van der Waals surface area contributed by atoms with Gasteiger partial charge in [-0.1, -0.05) is 66.2 Å². The van der Waals surface area contributed by atoms with E-state index in [9.17, 15) is 18.0 Å². The average Bonchev–Trinajstić information content (AvgIpc) is 3.06. The second-order valence-electron chi connectivity index (χ2n) is 10.6. The van der Waals surface area contributed by atoms with Gasteiger partial charge in [0, 0.05) is 23.7 Å². The first-order valence-corrected chi connectivity index (χ1v) is 15.5. The fourth-order valence-electron chi connectivity index (χ4n) is 5.74. The van der Waals surface area contributed by atoms with Gasteiger partial charge in [0.25, 0.3) is 11.8 Å². The summed E-state index contributed by atoms with van der Waals surface area (Å²) in [5, 5.41) is 0.560. The van der Waals surface area contributed by atoms with Crippen LogP contribution in [0.3, 0.4) is 0 Å². The van der Waals surface area contributed by atoms with Crippen molar-refractivity contribution < 1.29 is 18.0 Å². The lowest BCUT2D eigenvalue weighted by atomic mass is 9.90. The average molecular weight is 585 g/mol. The van der Waals surface area contributed by atoms with Gasteiger partial charge < -0.3 is 9.80 Å². The zero-order valence-corrected chi connectivity index (χ0v) is 23.9. The maximum absolute atomic E-state index is 13.9. The predicted octanol–water partition coefficient (Wildman–Crippen LogP) is 6.43. The number of benzene rings is 4. The molecule has 0 spiro atoms. The van der Waals surface area contributed by atoms with E-state index in [0.29, 0.717) is 29.6 Å². The Morgan fingerprint density at radius 1 is 0.805 bits per heavy atom. The highest BCUT2D eigenvalue weighted by Gasteiger charge is 2.36. The summed E-state index contributed by atoms with van der Waals surface area (Å²) in [6.45, 7) is 1.38. The maximum atomic E-state index is 13.9. The third kappa shape index (κ3) is 5.39. The van der Waals surface area contributed by atoms with Crippen LogP contribution in [0.4, 0.5) is 5.69 Å². The number of piperidine rings is 1. The molecule has 8 heteroatoms. The van der Waals surface area contributed by atoms with Crippen molar-refractivity contribution in [3.8, 4) is 0 Å². The van der Waals surface area contributed by atoms with Crippen molar-refractivity contribution in [2.24, 2.45) is 5.92 Å². The molecule has 41 heavy (non-hydrogen) atoms. The molecule has 0 aliphatic carbocycles. The molecular weight excluding hydrogens is 556 g/mol. The van der Waals surface area contributed by atoms with Gasteiger partial charge in [0.1, 0.15) is 0 Å². The molecule has 0 saturated carbocycles. The minimum atomic E-state index is -4.02. The molecule has 1 saturated heterocycles. The van der Waals surface area contributed by atoms with Crippen LogP contribution in [-0.4, -0.2) is 38.2 Å². The number of nitrogens with zero attached hydrogens (tertiary/aromatic N) is 2. The Bertz CT molecular complexity index is 1710. The second kappa shape index (κ2) is 11.1. The highest BCUT2D eigenvalue weighted by atomic mass is 35.5. The zero-order valence-electron chi connectivity index (χ0n) is 22.4. The zero-order chi connectivity index (χ0) is 28.6. The number of hydrogen-bond donors (Lipinski definition) is 0. The number of likely N-dealkylation sites (tertiary alicyclic amines) is 1. The fourth-order valence-corrected chi connectivity index (χ4v) is 7.50. The van der Waals surface area contributed by atoms with E-state index in [-0.39, 0.29) is 33.5 Å². The Balaban J connectivity index is 1.32. The number of anilines is 1. The molecule has 4 aromatic carbocycles. The van der Waals surface area contributed by atoms with Gasteiger partial charge in [-0.25, -0.2) is 8.42 Å². The predicted molar refractivity (Wildman–Crippen MR) is 159 cm³/mol. The van der Waals surface area contributed by atoms with Gasteiger partial charge in [-0.05, 0) is 78.8 Å². The number of hydrogen-bond acceptors (Lipinski definition) is 4. The van der Waals surface area contributed by atoms with Crippen molar-refractivity contribution in [3.63, 3.8) is 0 Å². The van der Waals surface area contributed by atoms with Crippen molar-refractivity contribution in [1.82, 2.24) is 4.90 Å². The van der Waals surface area contributed by atoms with E-state index in [1.54, 1.807) is 48.5 Å². The van der Waals surface area contributed by atoms with Crippen LogP contribution >= 0.6 is 11.6 Å². The van der Waals surface area contributed by atoms with E-state index in [1.807, 2.05) is 23.1 Å². The Morgan fingerprint density at radius 3 is 2.22 bits per heavy atom. The van der Waals surface area contributed by atoms with Gasteiger partial charge in [0.05, 0.1) is 27.6 Å². The SMILES string of the molecule is O=C(c1ccc2c(c1)N(Cc1ccc(Cl)cc1)C(=O)c1ccccc1S2(=O)=O)N1CCC(Cc2ccccc2)CC1. The molecule has 0 aromatic heterocycles. The summed E-state index contributed by atoms with van der Waals surface area (Å²) in [4.78, 5) is 30.8. The van der Waals surface area contributed by atoms with Gasteiger partial charge in [0.15, 0.2) is 0 Å². The van der Waals surface area contributed by atoms with E-state index in [2.05, 4.69) is 12.1 Å². The van der Waals surface area contributed by atoms with E-state index in [0.717, 1.165) is 24.8 Å². The Kier molecular flexibility index (Phi) is 7.41. The van der Waals surface area contributed by atoms with E-state index < -0.39 is 15.7 Å². The molecule has 0 bridgehead atoms. The summed E-state index contributed by atoms with van der Waals surface area (Å²) in [6.07, 6.45) is 2.79. The van der Waals surface area contributed by atoms with Crippen molar-refractivity contribution in [2.75, 3.05) is 18.0 Å². The Morgan fingerprint density at radius 2 is 1.49 bits per heavy atom. The number of carbonyl (C=O) groups excluding carboxylic acids is 2. The Labute approximate surface area is 245 Å². The molecule has 2 aliphatic rings. The number of carbonyl (C=O) groups is 2. The Hall–Kier alpha value is -3.94. The first-order chi connectivity index (χ1) is 19.8.